The molecule has 1 heterocycles. The smallest absolute Gasteiger partial charge is 0.234 e. The highest BCUT2D eigenvalue weighted by atomic mass is 32.8. The highest BCUT2D eigenvalue weighted by Gasteiger charge is 2.42. The Balaban J connectivity index is 2.89. The Labute approximate surface area is 93.7 Å². The van der Waals surface area contributed by atoms with Crippen molar-refractivity contribution in [2.24, 2.45) is 5.73 Å². The molecule has 0 saturated carbocycles. The number of hydrogen-bond donors (Lipinski definition) is 2. The van der Waals surface area contributed by atoms with E-state index in [9.17, 15) is 9.00 Å². The zero-order valence-electron chi connectivity index (χ0n) is 9.23. The summed E-state index contributed by atoms with van der Waals surface area (Å²) < 4.78 is 16.9. The van der Waals surface area contributed by atoms with E-state index in [1.165, 1.54) is 0 Å². The van der Waals surface area contributed by atoms with E-state index in [0.717, 1.165) is 12.8 Å². The maximum absolute atomic E-state index is 12.6. The van der Waals surface area contributed by atoms with Crippen LogP contribution in [-0.4, -0.2) is 33.3 Å². The van der Waals surface area contributed by atoms with E-state index in [1.807, 2.05) is 0 Å². The second-order valence-corrected chi connectivity index (χ2v) is 10.0. The summed E-state index contributed by atoms with van der Waals surface area (Å²) in [5.41, 5.74) is 5.31. The van der Waals surface area contributed by atoms with E-state index < -0.39 is 20.2 Å². The molecule has 1 amide bonds. The minimum atomic E-state index is -2.66. The van der Waals surface area contributed by atoms with Gasteiger partial charge in [0.15, 0.2) is 0 Å². The lowest BCUT2D eigenvalue weighted by atomic mass is 10.2. The molecular formula is C9H20NO3PS. The van der Waals surface area contributed by atoms with Gasteiger partial charge >= 0.3 is 0 Å². The fraction of sp³-hybridized carbons (Fsp3) is 0.889. The molecule has 15 heavy (non-hydrogen) atoms. The van der Waals surface area contributed by atoms with Crippen molar-refractivity contribution in [3.8, 4) is 0 Å². The zero-order valence-corrected chi connectivity index (χ0v) is 11.3. The maximum atomic E-state index is 12.6. The Morgan fingerprint density at radius 1 is 1.47 bits per heavy atom. The first-order valence-corrected chi connectivity index (χ1v) is 8.45. The highest BCUT2D eigenvalue weighted by Crippen LogP contribution is 2.39. The molecule has 4 nitrogen and oxygen atoms in total. The molecular weight excluding hydrogens is 233 g/mol. The third-order valence-electron chi connectivity index (χ3n) is 3.21. The Morgan fingerprint density at radius 3 is 2.33 bits per heavy atom. The topological polar surface area (TPSA) is 69.4 Å². The molecule has 2 N–H and O–H groups in total. The largest absolute Gasteiger partial charge is 0.381 e. The van der Waals surface area contributed by atoms with Crippen molar-refractivity contribution in [3.63, 3.8) is 0 Å². The number of amides is 1. The third kappa shape index (κ3) is 2.40. The van der Waals surface area contributed by atoms with Crippen molar-refractivity contribution < 1.29 is 13.7 Å². The Hall–Kier alpha value is 0.01000. The summed E-state index contributed by atoms with van der Waals surface area (Å²) in [6, 6.07) is 0. The van der Waals surface area contributed by atoms with E-state index >= 15 is 0 Å². The van der Waals surface area contributed by atoms with Gasteiger partial charge in [-0.1, -0.05) is 18.0 Å². The molecule has 1 rings (SSSR count). The average molecular weight is 253 g/mol. The van der Waals surface area contributed by atoms with Gasteiger partial charge in [0.2, 0.25) is 5.91 Å². The van der Waals surface area contributed by atoms with E-state index in [1.54, 1.807) is 13.8 Å². The van der Waals surface area contributed by atoms with Gasteiger partial charge in [-0.2, -0.15) is 0 Å². The Morgan fingerprint density at radius 2 is 1.93 bits per heavy atom. The van der Waals surface area contributed by atoms with Gasteiger partial charge in [-0.15, -0.1) is 0 Å². The first-order chi connectivity index (χ1) is 6.80. The van der Waals surface area contributed by atoms with Gasteiger partial charge in [0.1, 0.15) is 0 Å². The minimum absolute atomic E-state index is 0.0405. The van der Waals surface area contributed by atoms with Gasteiger partial charge in [-0.25, -0.2) is 0 Å². The molecule has 0 aliphatic carbocycles. The molecule has 1 aliphatic heterocycles. The van der Waals surface area contributed by atoms with Crippen LogP contribution in [0.15, 0.2) is 0 Å². The molecule has 0 spiro atoms. The van der Waals surface area contributed by atoms with Crippen LogP contribution in [0, 0.1) is 0 Å². The summed E-state index contributed by atoms with van der Waals surface area (Å²) in [5, 5.41) is 0.0405. The Kier molecular flexibility index (Phi) is 3.90. The van der Waals surface area contributed by atoms with Crippen LogP contribution in [0.4, 0.5) is 0 Å². The summed E-state index contributed by atoms with van der Waals surface area (Å²) in [6.45, 7) is 4.58. The average Bonchev–Trinajstić information content (AvgIpc) is 2.18. The molecule has 0 radical (unpaired) electrons. The molecule has 0 bridgehead atoms. The number of ether oxygens (including phenoxy) is 1. The lowest BCUT2D eigenvalue weighted by Gasteiger charge is -2.41. The number of rotatable bonds is 3. The standard InChI is InChI=1S/C9H20NO3PS/c1-9(2,8(10)11)15(12,14)7-3-5-13-6-4-7/h7,15H,3-6,14H2,1-2H3,(H2,10,11). The van der Waals surface area contributed by atoms with Crippen molar-refractivity contribution in [1.82, 2.24) is 0 Å². The third-order valence-corrected chi connectivity index (χ3v) is 9.98. The zero-order chi connectivity index (χ0) is 11.7. The van der Waals surface area contributed by atoms with Crippen LogP contribution in [0.5, 0.6) is 0 Å². The lowest BCUT2D eigenvalue weighted by molar-refractivity contribution is -0.119. The van der Waals surface area contributed by atoms with E-state index in [0.29, 0.717) is 13.2 Å². The number of primary amides is 1. The van der Waals surface area contributed by atoms with Crippen LogP contribution in [-0.2, 0) is 19.1 Å². The predicted molar refractivity (Wildman–Crippen MR) is 66.4 cm³/mol. The first kappa shape index (κ1) is 13.1. The Bertz CT molecular complexity index is 300. The number of carbonyl (C=O) groups is 1. The predicted octanol–water partition coefficient (Wildman–Crippen LogP) is 0.236. The van der Waals surface area contributed by atoms with Crippen molar-refractivity contribution in [2.75, 3.05) is 13.2 Å². The fourth-order valence-corrected chi connectivity index (χ4v) is 5.21. The minimum Gasteiger partial charge on any atom is -0.381 e. The summed E-state index contributed by atoms with van der Waals surface area (Å²) in [7, 11) is -0.268. The van der Waals surface area contributed by atoms with Crippen molar-refractivity contribution in [1.29, 1.82) is 0 Å². The second-order valence-electron chi connectivity index (χ2n) is 4.48. The molecule has 1 saturated heterocycles. The number of hydrogen-bond acceptors (Lipinski definition) is 3. The fourth-order valence-electron chi connectivity index (χ4n) is 1.70. The first-order valence-electron chi connectivity index (χ1n) is 5.06. The molecule has 0 aromatic rings. The van der Waals surface area contributed by atoms with Crippen molar-refractivity contribution >= 4 is 23.9 Å². The van der Waals surface area contributed by atoms with Gasteiger partial charge in [0.05, 0.1) is 4.75 Å². The van der Waals surface area contributed by atoms with Crippen LogP contribution < -0.4 is 5.73 Å². The molecule has 0 aromatic heterocycles. The normalized spacial score (nSPS) is 21.3. The van der Waals surface area contributed by atoms with Gasteiger partial charge in [0.25, 0.3) is 0 Å². The highest BCUT2D eigenvalue weighted by molar-refractivity contribution is 8.46. The molecule has 90 valence electrons. The molecule has 6 heteroatoms. The molecule has 1 fully saturated rings. The van der Waals surface area contributed by atoms with Gasteiger partial charge in [-0.05, 0) is 26.7 Å². The maximum Gasteiger partial charge on any atom is 0.234 e. The summed E-state index contributed by atoms with van der Waals surface area (Å²) in [5.74, 6) is -0.493. The molecule has 1 aliphatic rings. The van der Waals surface area contributed by atoms with E-state index in [-0.39, 0.29) is 5.25 Å². The molecule has 1 atom stereocenters. The SMILES string of the molecule is CC(C)(C(N)=O)[SH](=O)(P)C1CCOCC1. The van der Waals surface area contributed by atoms with Crippen LogP contribution in [0.3, 0.4) is 0 Å². The van der Waals surface area contributed by atoms with Crippen LogP contribution in [0.25, 0.3) is 0 Å². The van der Waals surface area contributed by atoms with Gasteiger partial charge < -0.3 is 10.5 Å². The second kappa shape index (κ2) is 4.48. The summed E-state index contributed by atoms with van der Waals surface area (Å²) in [6.07, 6.45) is 1.50. The number of thiol groups is 1. The number of nitrogens with two attached hydrogens (primary N) is 1. The van der Waals surface area contributed by atoms with Crippen LogP contribution in [0.2, 0.25) is 0 Å². The number of carbonyl (C=O) groups excluding carboxylic acids is 1. The lowest BCUT2D eigenvalue weighted by Crippen LogP contribution is -2.51. The summed E-state index contributed by atoms with van der Waals surface area (Å²) >= 11 is 0. The molecule has 1 unspecified atom stereocenters. The van der Waals surface area contributed by atoms with Gasteiger partial charge in [-0.3, -0.25) is 9.00 Å². The monoisotopic (exact) mass is 253 g/mol. The van der Waals surface area contributed by atoms with Crippen molar-refractivity contribution in [2.45, 2.75) is 36.7 Å². The quantitative estimate of drug-likeness (QED) is 0.559. The molecule has 0 aromatic carbocycles. The van der Waals surface area contributed by atoms with Crippen molar-refractivity contribution in [3.05, 3.63) is 0 Å². The van der Waals surface area contributed by atoms with Gasteiger partial charge in [0, 0.05) is 18.5 Å². The van der Waals surface area contributed by atoms with E-state index in [4.69, 9.17) is 10.5 Å². The van der Waals surface area contributed by atoms with E-state index in [2.05, 4.69) is 8.44 Å². The summed E-state index contributed by atoms with van der Waals surface area (Å²) in [4.78, 5) is 11.3. The van der Waals surface area contributed by atoms with Crippen LogP contribution in [0.1, 0.15) is 26.7 Å². The van der Waals surface area contributed by atoms with Crippen LogP contribution >= 0.6 is 8.44 Å².